The van der Waals surface area contributed by atoms with Crippen molar-refractivity contribution in [2.24, 2.45) is 0 Å². The van der Waals surface area contributed by atoms with Gasteiger partial charge in [-0.05, 0) is 6.07 Å². The van der Waals surface area contributed by atoms with Crippen molar-refractivity contribution in [3.63, 3.8) is 0 Å². The molecule has 3 rings (SSSR count). The van der Waals surface area contributed by atoms with Gasteiger partial charge in [0.1, 0.15) is 29.8 Å². The van der Waals surface area contributed by atoms with Crippen LogP contribution in [0.3, 0.4) is 0 Å². The molecule has 2 heterocycles. The van der Waals surface area contributed by atoms with Gasteiger partial charge in [0, 0.05) is 43.2 Å². The second kappa shape index (κ2) is 9.69. The second-order valence-electron chi connectivity index (χ2n) is 6.09. The Kier molecular flexibility index (Phi) is 6.80. The van der Waals surface area contributed by atoms with E-state index in [-0.39, 0.29) is 49.5 Å². The number of benzene rings is 1. The number of aliphatic hydroxyl groups is 1. The summed E-state index contributed by atoms with van der Waals surface area (Å²) in [6, 6.07) is 2.71. The van der Waals surface area contributed by atoms with Crippen LogP contribution in [-0.2, 0) is 17.9 Å². The lowest BCUT2D eigenvalue weighted by atomic mass is 10.2. The van der Waals surface area contributed by atoms with Crippen LogP contribution < -0.4 is 16.0 Å². The molecule has 1 amide bonds. The predicted octanol–water partition coefficient (Wildman–Crippen LogP) is 1.55. The fourth-order valence-corrected chi connectivity index (χ4v) is 2.48. The molecule has 0 fully saturated rings. The number of hydrogen-bond donors (Lipinski definition) is 4. The van der Waals surface area contributed by atoms with Crippen molar-refractivity contribution in [1.82, 2.24) is 25.1 Å². The molecule has 1 aromatic carbocycles. The van der Waals surface area contributed by atoms with Gasteiger partial charge in [-0.2, -0.15) is 10.1 Å². The first-order valence-corrected chi connectivity index (χ1v) is 8.82. The van der Waals surface area contributed by atoms with E-state index in [9.17, 15) is 18.0 Å². The molecule has 30 heavy (non-hydrogen) atoms. The minimum absolute atomic E-state index is 0.0288. The molecular formula is C18H18F3N7O2. The third-order valence-electron chi connectivity index (χ3n) is 3.84. The third-order valence-corrected chi connectivity index (χ3v) is 3.84. The first-order chi connectivity index (χ1) is 14.4. The molecule has 0 unspecified atom stereocenters. The number of hydrogen-bond acceptors (Lipinski definition) is 7. The van der Waals surface area contributed by atoms with Crippen molar-refractivity contribution in [3.8, 4) is 0 Å². The lowest BCUT2D eigenvalue weighted by molar-refractivity contribution is -0.122. The van der Waals surface area contributed by atoms with Crippen LogP contribution in [0.15, 0.2) is 36.8 Å². The van der Waals surface area contributed by atoms with Crippen LogP contribution in [0.25, 0.3) is 0 Å². The Morgan fingerprint density at radius 2 is 1.97 bits per heavy atom. The molecule has 2 aromatic heterocycles. The molecule has 12 heteroatoms. The highest BCUT2D eigenvalue weighted by Crippen LogP contribution is 2.17. The van der Waals surface area contributed by atoms with Gasteiger partial charge >= 0.3 is 0 Å². The maximum absolute atomic E-state index is 13.7. The molecule has 0 saturated heterocycles. The number of aliphatic hydroxyl groups excluding tert-OH is 1. The molecule has 0 bridgehead atoms. The van der Waals surface area contributed by atoms with Gasteiger partial charge in [-0.1, -0.05) is 0 Å². The van der Waals surface area contributed by atoms with Gasteiger partial charge in [-0.3, -0.25) is 9.48 Å². The van der Waals surface area contributed by atoms with Crippen molar-refractivity contribution >= 4 is 23.4 Å². The molecule has 0 aliphatic heterocycles. The SMILES string of the molecule is O=C(Cn1cc(Nc2nccc(NCc3c(F)cc(F)cc3F)n2)cn1)NCCO. The Labute approximate surface area is 169 Å². The quantitative estimate of drug-likeness (QED) is 0.414. The first-order valence-electron chi connectivity index (χ1n) is 8.82. The van der Waals surface area contributed by atoms with Gasteiger partial charge in [0.15, 0.2) is 0 Å². The number of halogens is 3. The largest absolute Gasteiger partial charge is 0.395 e. The predicted molar refractivity (Wildman–Crippen MR) is 101 cm³/mol. The summed E-state index contributed by atoms with van der Waals surface area (Å²) >= 11 is 0. The standard InChI is InChI=1S/C18H18F3N7O2/c19-11-5-14(20)13(15(21)6-11)8-24-16-1-2-23-18(27-16)26-12-7-25-28(9-12)10-17(30)22-3-4-29/h1-2,5-7,9,29H,3-4,8,10H2,(H,22,30)(H2,23,24,26,27). The number of nitrogens with zero attached hydrogens (tertiary/aromatic N) is 4. The van der Waals surface area contributed by atoms with Crippen LogP contribution >= 0.6 is 0 Å². The van der Waals surface area contributed by atoms with Crippen LogP contribution in [0.2, 0.25) is 0 Å². The summed E-state index contributed by atoms with van der Waals surface area (Å²) in [4.78, 5) is 19.8. The molecule has 3 aromatic rings. The number of nitrogens with one attached hydrogen (secondary N) is 3. The molecule has 158 valence electrons. The maximum Gasteiger partial charge on any atom is 0.241 e. The monoisotopic (exact) mass is 421 g/mol. The Bertz CT molecular complexity index is 1010. The van der Waals surface area contributed by atoms with Crippen LogP contribution in [-0.4, -0.2) is 43.9 Å². The Balaban J connectivity index is 1.60. The van der Waals surface area contributed by atoms with Crippen molar-refractivity contribution in [2.45, 2.75) is 13.1 Å². The van der Waals surface area contributed by atoms with Crippen LogP contribution in [0, 0.1) is 17.5 Å². The number of aromatic nitrogens is 4. The minimum Gasteiger partial charge on any atom is -0.395 e. The third kappa shape index (κ3) is 5.67. The van der Waals surface area contributed by atoms with E-state index in [1.54, 1.807) is 6.20 Å². The molecule has 0 saturated carbocycles. The molecule has 0 radical (unpaired) electrons. The summed E-state index contributed by atoms with van der Waals surface area (Å²) in [6.07, 6.45) is 4.46. The molecule has 0 atom stereocenters. The van der Waals surface area contributed by atoms with Gasteiger partial charge in [0.05, 0.1) is 18.5 Å². The van der Waals surface area contributed by atoms with Gasteiger partial charge in [0.2, 0.25) is 11.9 Å². The summed E-state index contributed by atoms with van der Waals surface area (Å²) in [5.41, 5.74) is 0.197. The average molecular weight is 421 g/mol. The number of anilines is 3. The zero-order valence-electron chi connectivity index (χ0n) is 15.6. The normalized spacial score (nSPS) is 10.7. The minimum atomic E-state index is -0.997. The van der Waals surface area contributed by atoms with Crippen molar-refractivity contribution in [2.75, 3.05) is 23.8 Å². The average Bonchev–Trinajstić information content (AvgIpc) is 3.12. The van der Waals surface area contributed by atoms with E-state index in [1.165, 1.54) is 23.1 Å². The van der Waals surface area contributed by atoms with Crippen molar-refractivity contribution in [1.29, 1.82) is 0 Å². The van der Waals surface area contributed by atoms with E-state index in [2.05, 4.69) is 31.0 Å². The molecular weight excluding hydrogens is 403 g/mol. The summed E-state index contributed by atoms with van der Waals surface area (Å²) in [5.74, 6) is -2.82. The van der Waals surface area contributed by atoms with E-state index >= 15 is 0 Å². The van der Waals surface area contributed by atoms with Gasteiger partial charge in [-0.25, -0.2) is 18.2 Å². The highest BCUT2D eigenvalue weighted by Gasteiger charge is 2.12. The molecule has 9 nitrogen and oxygen atoms in total. The van der Waals surface area contributed by atoms with E-state index < -0.39 is 17.5 Å². The molecule has 0 spiro atoms. The fourth-order valence-electron chi connectivity index (χ4n) is 2.48. The molecule has 0 aliphatic carbocycles. The smallest absolute Gasteiger partial charge is 0.241 e. The highest BCUT2D eigenvalue weighted by molar-refractivity contribution is 5.75. The molecule has 4 N–H and O–H groups in total. The van der Waals surface area contributed by atoms with Gasteiger partial charge < -0.3 is 21.1 Å². The summed E-state index contributed by atoms with van der Waals surface area (Å²) in [5, 5.41) is 20.9. The van der Waals surface area contributed by atoms with E-state index in [0.717, 1.165) is 0 Å². The van der Waals surface area contributed by atoms with Gasteiger partial charge in [-0.15, -0.1) is 0 Å². The number of amides is 1. The maximum atomic E-state index is 13.7. The summed E-state index contributed by atoms with van der Waals surface area (Å²) in [7, 11) is 0. The van der Waals surface area contributed by atoms with Crippen LogP contribution in [0.1, 0.15) is 5.56 Å². The zero-order valence-corrected chi connectivity index (χ0v) is 15.6. The van der Waals surface area contributed by atoms with E-state index in [0.29, 0.717) is 17.8 Å². The summed E-state index contributed by atoms with van der Waals surface area (Å²) < 4.78 is 41.8. The second-order valence-corrected chi connectivity index (χ2v) is 6.09. The van der Waals surface area contributed by atoms with E-state index in [4.69, 9.17) is 5.11 Å². The van der Waals surface area contributed by atoms with Crippen molar-refractivity contribution < 1.29 is 23.1 Å². The topological polar surface area (TPSA) is 117 Å². The summed E-state index contributed by atoms with van der Waals surface area (Å²) in [6.45, 7) is -0.265. The fraction of sp³-hybridized carbons (Fsp3) is 0.222. The molecule has 0 aliphatic rings. The Morgan fingerprint density at radius 1 is 1.20 bits per heavy atom. The number of carbonyl (C=O) groups excluding carboxylic acids is 1. The van der Waals surface area contributed by atoms with Gasteiger partial charge in [0.25, 0.3) is 0 Å². The lowest BCUT2D eigenvalue weighted by Gasteiger charge is -2.09. The Hall–Kier alpha value is -3.67. The number of rotatable bonds is 9. The van der Waals surface area contributed by atoms with Crippen LogP contribution in [0.5, 0.6) is 0 Å². The zero-order chi connectivity index (χ0) is 21.5. The van der Waals surface area contributed by atoms with E-state index in [1.807, 2.05) is 0 Å². The number of carbonyl (C=O) groups is 1. The lowest BCUT2D eigenvalue weighted by Crippen LogP contribution is -2.30. The highest BCUT2D eigenvalue weighted by atomic mass is 19.1. The van der Waals surface area contributed by atoms with Crippen LogP contribution in [0.4, 0.5) is 30.6 Å². The van der Waals surface area contributed by atoms with Crippen molar-refractivity contribution in [3.05, 3.63) is 59.8 Å². The Morgan fingerprint density at radius 3 is 2.70 bits per heavy atom. The first kappa shape index (κ1) is 21.0.